The van der Waals surface area contributed by atoms with Crippen LogP contribution in [0.4, 0.5) is 0 Å². The minimum atomic E-state index is -1.13. The number of thioether (sulfide) groups is 1. The molecular weight excluding hydrogens is 276 g/mol. The lowest BCUT2D eigenvalue weighted by atomic mass is 10.2. The van der Waals surface area contributed by atoms with E-state index in [1.54, 1.807) is 6.07 Å². The summed E-state index contributed by atoms with van der Waals surface area (Å²) in [5, 5.41) is 12.3. The quantitative estimate of drug-likeness (QED) is 0.870. The van der Waals surface area contributed by atoms with E-state index in [4.69, 9.17) is 5.11 Å². The molecule has 5 nitrogen and oxygen atoms in total. The van der Waals surface area contributed by atoms with Crippen LogP contribution in [0.15, 0.2) is 18.2 Å². The van der Waals surface area contributed by atoms with Crippen LogP contribution in [-0.2, 0) is 0 Å². The second-order valence-corrected chi connectivity index (χ2v) is 6.23. The van der Waals surface area contributed by atoms with Crippen molar-refractivity contribution >= 4 is 23.6 Å². The van der Waals surface area contributed by atoms with Crippen molar-refractivity contribution in [1.29, 1.82) is 0 Å². The zero-order valence-electron chi connectivity index (χ0n) is 11.3. The van der Waals surface area contributed by atoms with Crippen molar-refractivity contribution in [2.75, 3.05) is 5.75 Å². The van der Waals surface area contributed by atoms with Crippen LogP contribution in [0.3, 0.4) is 0 Å². The maximum Gasteiger partial charge on any atom is 0.354 e. The van der Waals surface area contributed by atoms with Gasteiger partial charge in [0, 0.05) is 11.3 Å². The molecular formula is C14H18N2O3S. The minimum absolute atomic E-state index is 0.108. The molecule has 2 rings (SSSR count). The number of amides is 1. The molecule has 0 aliphatic heterocycles. The summed E-state index contributed by atoms with van der Waals surface area (Å²) in [6.07, 6.45) is 3.21. The van der Waals surface area contributed by atoms with E-state index in [1.165, 1.54) is 12.1 Å². The number of hydrogen-bond acceptors (Lipinski definition) is 4. The Hall–Kier alpha value is -1.56. The Balaban J connectivity index is 2.04. The summed E-state index contributed by atoms with van der Waals surface area (Å²) in [6, 6.07) is 4.62. The zero-order valence-corrected chi connectivity index (χ0v) is 12.2. The average Bonchev–Trinajstić information content (AvgIpc) is 2.86. The normalized spacial score (nSPS) is 21.6. The number of carbonyl (C=O) groups is 2. The molecule has 1 amide bonds. The Labute approximate surface area is 122 Å². The van der Waals surface area contributed by atoms with Gasteiger partial charge in [-0.15, -0.1) is 0 Å². The van der Waals surface area contributed by atoms with E-state index in [0.29, 0.717) is 5.25 Å². The van der Waals surface area contributed by atoms with Gasteiger partial charge < -0.3 is 10.4 Å². The van der Waals surface area contributed by atoms with Crippen LogP contribution < -0.4 is 5.32 Å². The highest BCUT2D eigenvalue weighted by atomic mass is 32.2. The Kier molecular flexibility index (Phi) is 5.00. The van der Waals surface area contributed by atoms with E-state index in [9.17, 15) is 9.59 Å². The smallest absolute Gasteiger partial charge is 0.354 e. The molecule has 0 spiro atoms. The number of nitrogens with zero attached hydrogens (tertiary/aromatic N) is 1. The standard InChI is InChI=1S/C14H18N2O3S/c1-2-20-12-8-4-5-9(12)16-13(17)10-6-3-7-11(15-10)14(18)19/h3,6-7,9,12H,2,4-5,8H2,1H3,(H,16,17)(H,18,19). The third-order valence-electron chi connectivity index (χ3n) is 3.35. The molecule has 1 aromatic rings. The molecule has 0 bridgehead atoms. The van der Waals surface area contributed by atoms with E-state index in [-0.39, 0.29) is 23.3 Å². The summed E-state index contributed by atoms with van der Waals surface area (Å²) in [5.74, 6) is -0.384. The van der Waals surface area contributed by atoms with Crippen molar-refractivity contribution in [1.82, 2.24) is 10.3 Å². The van der Waals surface area contributed by atoms with Gasteiger partial charge in [-0.3, -0.25) is 4.79 Å². The van der Waals surface area contributed by atoms with Crippen molar-refractivity contribution < 1.29 is 14.7 Å². The fraction of sp³-hybridized carbons (Fsp3) is 0.500. The van der Waals surface area contributed by atoms with Gasteiger partial charge in [-0.1, -0.05) is 19.4 Å². The minimum Gasteiger partial charge on any atom is -0.477 e. The second-order valence-electron chi connectivity index (χ2n) is 4.72. The maximum absolute atomic E-state index is 12.1. The molecule has 1 fully saturated rings. The summed E-state index contributed by atoms with van der Waals surface area (Å²) in [7, 11) is 0. The topological polar surface area (TPSA) is 79.3 Å². The summed E-state index contributed by atoms with van der Waals surface area (Å²) in [4.78, 5) is 26.9. The van der Waals surface area contributed by atoms with Crippen LogP contribution in [-0.4, -0.2) is 39.0 Å². The first-order valence-corrected chi connectivity index (χ1v) is 7.79. The molecule has 6 heteroatoms. The van der Waals surface area contributed by atoms with E-state index in [0.717, 1.165) is 25.0 Å². The Morgan fingerprint density at radius 3 is 2.85 bits per heavy atom. The van der Waals surface area contributed by atoms with Crippen molar-refractivity contribution in [3.05, 3.63) is 29.6 Å². The van der Waals surface area contributed by atoms with E-state index in [1.807, 2.05) is 11.8 Å². The summed E-state index contributed by atoms with van der Waals surface area (Å²) in [5.41, 5.74) is 0.0561. The highest BCUT2D eigenvalue weighted by Crippen LogP contribution is 2.29. The van der Waals surface area contributed by atoms with E-state index >= 15 is 0 Å². The molecule has 2 unspecified atom stereocenters. The van der Waals surface area contributed by atoms with Gasteiger partial charge in [0.05, 0.1) is 0 Å². The molecule has 20 heavy (non-hydrogen) atoms. The second kappa shape index (κ2) is 6.74. The lowest BCUT2D eigenvalue weighted by Crippen LogP contribution is -2.39. The largest absolute Gasteiger partial charge is 0.477 e. The van der Waals surface area contributed by atoms with Crippen molar-refractivity contribution in [3.8, 4) is 0 Å². The van der Waals surface area contributed by atoms with Gasteiger partial charge in [0.25, 0.3) is 5.91 Å². The van der Waals surface area contributed by atoms with E-state index < -0.39 is 5.97 Å². The molecule has 2 N–H and O–H groups in total. The van der Waals surface area contributed by atoms with Gasteiger partial charge in [0.1, 0.15) is 11.4 Å². The third-order valence-corrected chi connectivity index (χ3v) is 4.68. The SMILES string of the molecule is CCSC1CCCC1NC(=O)c1cccc(C(=O)O)n1. The van der Waals surface area contributed by atoms with Gasteiger partial charge >= 0.3 is 5.97 Å². The molecule has 1 aromatic heterocycles. The van der Waals surface area contributed by atoms with Gasteiger partial charge in [0.15, 0.2) is 0 Å². The highest BCUT2D eigenvalue weighted by molar-refractivity contribution is 7.99. The van der Waals surface area contributed by atoms with E-state index in [2.05, 4.69) is 17.2 Å². The van der Waals surface area contributed by atoms with Crippen LogP contribution in [0.1, 0.15) is 47.2 Å². The molecule has 0 radical (unpaired) electrons. The van der Waals surface area contributed by atoms with Gasteiger partial charge in [0.2, 0.25) is 0 Å². The fourth-order valence-electron chi connectivity index (χ4n) is 2.43. The third kappa shape index (κ3) is 3.50. The number of rotatable bonds is 5. The van der Waals surface area contributed by atoms with Gasteiger partial charge in [-0.25, -0.2) is 9.78 Å². The molecule has 1 saturated carbocycles. The zero-order chi connectivity index (χ0) is 14.5. The maximum atomic E-state index is 12.1. The fourth-order valence-corrected chi connectivity index (χ4v) is 3.63. The summed E-state index contributed by atoms with van der Waals surface area (Å²) >= 11 is 1.86. The number of pyridine rings is 1. The lowest BCUT2D eigenvalue weighted by Gasteiger charge is -2.19. The van der Waals surface area contributed by atoms with Gasteiger partial charge in [-0.05, 0) is 30.7 Å². The molecule has 1 heterocycles. The predicted octanol–water partition coefficient (Wildman–Crippen LogP) is 2.18. The molecule has 108 valence electrons. The highest BCUT2D eigenvalue weighted by Gasteiger charge is 2.29. The first-order valence-electron chi connectivity index (χ1n) is 6.74. The average molecular weight is 294 g/mol. The van der Waals surface area contributed by atoms with Crippen LogP contribution in [0.2, 0.25) is 0 Å². The number of aromatic nitrogens is 1. The van der Waals surface area contributed by atoms with Crippen LogP contribution in [0.5, 0.6) is 0 Å². The Morgan fingerprint density at radius 1 is 1.40 bits per heavy atom. The molecule has 0 aromatic carbocycles. The van der Waals surface area contributed by atoms with Crippen LogP contribution in [0.25, 0.3) is 0 Å². The number of carboxylic acid groups (broad SMARTS) is 1. The number of nitrogens with one attached hydrogen (secondary N) is 1. The number of hydrogen-bond donors (Lipinski definition) is 2. The number of carboxylic acids is 1. The van der Waals surface area contributed by atoms with Crippen molar-refractivity contribution in [2.24, 2.45) is 0 Å². The molecule has 1 aliphatic carbocycles. The summed E-state index contributed by atoms with van der Waals surface area (Å²) in [6.45, 7) is 2.11. The molecule has 2 atom stereocenters. The van der Waals surface area contributed by atoms with Gasteiger partial charge in [-0.2, -0.15) is 11.8 Å². The monoisotopic (exact) mass is 294 g/mol. The van der Waals surface area contributed by atoms with Crippen LogP contribution in [0, 0.1) is 0 Å². The first kappa shape index (κ1) is 14.8. The number of carbonyl (C=O) groups excluding carboxylic acids is 1. The molecule has 0 saturated heterocycles. The lowest BCUT2D eigenvalue weighted by molar-refractivity contribution is 0.0690. The Morgan fingerprint density at radius 2 is 2.15 bits per heavy atom. The summed E-state index contributed by atoms with van der Waals surface area (Å²) < 4.78 is 0. The van der Waals surface area contributed by atoms with Crippen LogP contribution >= 0.6 is 11.8 Å². The first-order chi connectivity index (χ1) is 9.61. The number of aromatic carboxylic acids is 1. The molecule has 1 aliphatic rings. The Bertz CT molecular complexity index is 507. The predicted molar refractivity (Wildman–Crippen MR) is 78.2 cm³/mol. The van der Waals surface area contributed by atoms with Crippen molar-refractivity contribution in [2.45, 2.75) is 37.5 Å². The van der Waals surface area contributed by atoms with Crippen molar-refractivity contribution in [3.63, 3.8) is 0 Å².